The topological polar surface area (TPSA) is 72.2 Å². The highest BCUT2D eigenvalue weighted by Gasteiger charge is 2.10. The first-order chi connectivity index (χ1) is 8.46. The maximum atomic E-state index is 10.9. The molecule has 0 spiro atoms. The van der Waals surface area contributed by atoms with Gasteiger partial charge in [-0.1, -0.05) is 38.1 Å². The molecule has 0 heterocycles. The van der Waals surface area contributed by atoms with Crippen LogP contribution in [-0.4, -0.2) is 20.7 Å². The van der Waals surface area contributed by atoms with Crippen molar-refractivity contribution in [2.75, 3.05) is 12.3 Å². The number of aryl methyl sites for hydroxylation is 1. The van der Waals surface area contributed by atoms with Gasteiger partial charge in [0.1, 0.15) is 0 Å². The fraction of sp³-hybridized carbons (Fsp3) is 0.538. The van der Waals surface area contributed by atoms with Gasteiger partial charge in [0, 0.05) is 12.6 Å². The minimum atomic E-state index is -3.38. The number of nitrogens with two attached hydrogens (primary N) is 1. The molecule has 5 heteroatoms. The number of nitrogens with one attached hydrogen (secondary N) is 1. The predicted octanol–water partition coefficient (Wildman–Crippen LogP) is 1.58. The van der Waals surface area contributed by atoms with Crippen LogP contribution in [0.25, 0.3) is 0 Å². The molecule has 0 aliphatic carbocycles. The van der Waals surface area contributed by atoms with E-state index in [1.165, 1.54) is 11.1 Å². The van der Waals surface area contributed by atoms with Gasteiger partial charge in [0.05, 0.1) is 5.75 Å². The fourth-order valence-corrected chi connectivity index (χ4v) is 2.26. The second-order valence-corrected chi connectivity index (χ2v) is 6.11. The molecule has 0 aliphatic heterocycles. The van der Waals surface area contributed by atoms with Gasteiger partial charge in [0.25, 0.3) is 0 Å². The molecule has 18 heavy (non-hydrogen) atoms. The Morgan fingerprint density at radius 1 is 1.22 bits per heavy atom. The Morgan fingerprint density at radius 3 is 2.28 bits per heavy atom. The summed E-state index contributed by atoms with van der Waals surface area (Å²) in [6.45, 7) is 4.58. The van der Waals surface area contributed by atoms with Crippen molar-refractivity contribution in [3.63, 3.8) is 0 Å². The van der Waals surface area contributed by atoms with Gasteiger partial charge in [-0.3, -0.25) is 0 Å². The summed E-state index contributed by atoms with van der Waals surface area (Å²) in [5, 5.41) is 8.19. The van der Waals surface area contributed by atoms with Crippen molar-refractivity contribution < 1.29 is 8.42 Å². The van der Waals surface area contributed by atoms with Crippen molar-refractivity contribution >= 4 is 10.0 Å². The van der Waals surface area contributed by atoms with Crippen molar-refractivity contribution in [2.24, 2.45) is 5.14 Å². The second-order valence-electron chi connectivity index (χ2n) is 4.38. The molecular formula is C13H22N2O2S. The summed E-state index contributed by atoms with van der Waals surface area (Å²) in [6, 6.07) is 8.59. The van der Waals surface area contributed by atoms with Crippen LogP contribution in [0.4, 0.5) is 0 Å². The average molecular weight is 270 g/mol. The van der Waals surface area contributed by atoms with Gasteiger partial charge in [-0.05, 0) is 24.0 Å². The lowest BCUT2D eigenvalue weighted by molar-refractivity contribution is 0.531. The monoisotopic (exact) mass is 270 g/mol. The second kappa shape index (κ2) is 6.87. The van der Waals surface area contributed by atoms with Crippen LogP contribution in [0.1, 0.15) is 37.4 Å². The van der Waals surface area contributed by atoms with Crippen LogP contribution >= 0.6 is 0 Å². The molecule has 0 radical (unpaired) electrons. The molecule has 3 N–H and O–H groups in total. The summed E-state index contributed by atoms with van der Waals surface area (Å²) in [5.41, 5.74) is 2.49. The smallest absolute Gasteiger partial charge is 0.210 e. The lowest BCUT2D eigenvalue weighted by Crippen LogP contribution is -2.29. The summed E-state index contributed by atoms with van der Waals surface area (Å²) in [5.74, 6) is -0.0312. The molecule has 1 aromatic carbocycles. The van der Waals surface area contributed by atoms with Crippen LogP contribution < -0.4 is 10.5 Å². The highest BCUT2D eigenvalue weighted by Crippen LogP contribution is 2.17. The number of rotatable bonds is 7. The molecule has 4 nitrogen and oxygen atoms in total. The minimum absolute atomic E-state index is 0.0312. The number of primary sulfonamides is 1. The first kappa shape index (κ1) is 15.1. The van der Waals surface area contributed by atoms with Crippen molar-refractivity contribution in [1.82, 2.24) is 5.32 Å². The maximum absolute atomic E-state index is 10.9. The predicted molar refractivity (Wildman–Crippen MR) is 74.8 cm³/mol. The van der Waals surface area contributed by atoms with Crippen LogP contribution in [0.2, 0.25) is 0 Å². The van der Waals surface area contributed by atoms with E-state index >= 15 is 0 Å². The molecule has 1 unspecified atom stereocenters. The van der Waals surface area contributed by atoms with Gasteiger partial charge >= 0.3 is 0 Å². The van der Waals surface area contributed by atoms with E-state index in [0.717, 1.165) is 12.8 Å². The summed E-state index contributed by atoms with van der Waals surface area (Å²) < 4.78 is 21.7. The molecule has 1 aromatic rings. The third kappa shape index (κ3) is 5.16. The van der Waals surface area contributed by atoms with Gasteiger partial charge in [-0.15, -0.1) is 0 Å². The van der Waals surface area contributed by atoms with E-state index in [0.29, 0.717) is 6.54 Å². The van der Waals surface area contributed by atoms with Crippen molar-refractivity contribution in [1.29, 1.82) is 0 Å². The SMILES string of the molecule is CCc1ccc(C(CC)NCCS(N)(=O)=O)cc1. The van der Waals surface area contributed by atoms with Crippen LogP contribution in [0.3, 0.4) is 0 Å². The Kier molecular flexibility index (Phi) is 5.78. The molecule has 0 saturated heterocycles. The largest absolute Gasteiger partial charge is 0.309 e. The quantitative estimate of drug-likeness (QED) is 0.790. The number of hydrogen-bond acceptors (Lipinski definition) is 3. The third-order valence-electron chi connectivity index (χ3n) is 2.98. The molecule has 0 bridgehead atoms. The van der Waals surface area contributed by atoms with Crippen LogP contribution in [-0.2, 0) is 16.4 Å². The zero-order valence-electron chi connectivity index (χ0n) is 11.0. The molecule has 0 aliphatic rings. The highest BCUT2D eigenvalue weighted by molar-refractivity contribution is 7.89. The molecule has 0 saturated carbocycles. The molecule has 0 amide bonds. The maximum Gasteiger partial charge on any atom is 0.210 e. The van der Waals surface area contributed by atoms with Crippen LogP contribution in [0.5, 0.6) is 0 Å². The summed E-state index contributed by atoms with van der Waals surface area (Å²) >= 11 is 0. The number of benzene rings is 1. The summed E-state index contributed by atoms with van der Waals surface area (Å²) in [7, 11) is -3.38. The standard InChI is InChI=1S/C13H22N2O2S/c1-3-11-5-7-12(8-6-11)13(4-2)15-9-10-18(14,16)17/h5-8,13,15H,3-4,9-10H2,1-2H3,(H2,14,16,17). The van der Waals surface area contributed by atoms with E-state index in [9.17, 15) is 8.42 Å². The Hall–Kier alpha value is -0.910. The van der Waals surface area contributed by atoms with Crippen LogP contribution in [0, 0.1) is 0 Å². The third-order valence-corrected chi connectivity index (χ3v) is 3.75. The number of hydrogen-bond donors (Lipinski definition) is 2. The van der Waals surface area contributed by atoms with Crippen molar-refractivity contribution in [2.45, 2.75) is 32.7 Å². The Labute approximate surface area is 110 Å². The van der Waals surface area contributed by atoms with E-state index in [1.54, 1.807) is 0 Å². The molecule has 1 rings (SSSR count). The van der Waals surface area contributed by atoms with Crippen LogP contribution in [0.15, 0.2) is 24.3 Å². The fourth-order valence-electron chi connectivity index (χ4n) is 1.86. The van der Waals surface area contributed by atoms with Crippen molar-refractivity contribution in [3.05, 3.63) is 35.4 Å². The van der Waals surface area contributed by atoms with Gasteiger partial charge in [-0.25, -0.2) is 13.6 Å². The number of sulfonamides is 1. The summed E-state index contributed by atoms with van der Waals surface area (Å²) in [6.07, 6.45) is 1.94. The normalized spacial score (nSPS) is 13.5. The van der Waals surface area contributed by atoms with E-state index in [2.05, 4.69) is 43.4 Å². The first-order valence-electron chi connectivity index (χ1n) is 6.29. The molecule has 102 valence electrons. The Bertz CT molecular complexity index is 454. The van der Waals surface area contributed by atoms with Crippen molar-refractivity contribution in [3.8, 4) is 0 Å². The lowest BCUT2D eigenvalue weighted by atomic mass is 10.0. The molecule has 0 aromatic heterocycles. The Morgan fingerprint density at radius 2 is 1.83 bits per heavy atom. The molecule has 0 fully saturated rings. The van der Waals surface area contributed by atoms with E-state index in [4.69, 9.17) is 5.14 Å². The molecule has 1 atom stereocenters. The van der Waals surface area contributed by atoms with E-state index in [1.807, 2.05) is 0 Å². The van der Waals surface area contributed by atoms with E-state index in [-0.39, 0.29) is 11.8 Å². The van der Waals surface area contributed by atoms with E-state index < -0.39 is 10.0 Å². The van der Waals surface area contributed by atoms with Gasteiger partial charge in [0.15, 0.2) is 0 Å². The molecular weight excluding hydrogens is 248 g/mol. The van der Waals surface area contributed by atoms with Gasteiger partial charge in [0.2, 0.25) is 10.0 Å². The minimum Gasteiger partial charge on any atom is -0.309 e. The summed E-state index contributed by atoms with van der Waals surface area (Å²) in [4.78, 5) is 0. The zero-order valence-corrected chi connectivity index (χ0v) is 11.8. The average Bonchev–Trinajstić information content (AvgIpc) is 2.34. The Balaban J connectivity index is 2.59. The van der Waals surface area contributed by atoms with Gasteiger partial charge in [-0.2, -0.15) is 0 Å². The lowest BCUT2D eigenvalue weighted by Gasteiger charge is -2.17. The van der Waals surface area contributed by atoms with Gasteiger partial charge < -0.3 is 5.32 Å². The first-order valence-corrected chi connectivity index (χ1v) is 8.00. The highest BCUT2D eigenvalue weighted by atomic mass is 32.2. The zero-order chi connectivity index (χ0) is 13.6.